The molecule has 108 valence electrons. The van der Waals surface area contributed by atoms with Crippen molar-refractivity contribution in [1.82, 2.24) is 0 Å². The van der Waals surface area contributed by atoms with Crippen LogP contribution in [0.2, 0.25) is 0 Å². The molecule has 0 atom stereocenters. The highest BCUT2D eigenvalue weighted by Crippen LogP contribution is 2.32. The number of phenolic OH excluding ortho intramolecular Hbond substituents is 1. The Morgan fingerprint density at radius 1 is 0.773 bits per heavy atom. The van der Waals surface area contributed by atoms with E-state index in [1.807, 2.05) is 66.7 Å². The van der Waals surface area contributed by atoms with Gasteiger partial charge in [-0.1, -0.05) is 42.5 Å². The molecule has 3 aromatic carbocycles. The molecule has 3 aromatic rings. The Balaban J connectivity index is 1.84. The van der Waals surface area contributed by atoms with Gasteiger partial charge in [-0.15, -0.1) is 0 Å². The summed E-state index contributed by atoms with van der Waals surface area (Å²) in [6.45, 7) is 0. The predicted octanol–water partition coefficient (Wildman–Crippen LogP) is 4.94. The molecule has 3 heteroatoms. The van der Waals surface area contributed by atoms with Crippen LogP contribution in [0.15, 0.2) is 83.9 Å². The molecule has 0 aromatic heterocycles. The summed E-state index contributed by atoms with van der Waals surface area (Å²) >= 11 is 0. The third-order valence-electron chi connectivity index (χ3n) is 3.11. The first-order valence-corrected chi connectivity index (χ1v) is 6.97. The molecule has 22 heavy (non-hydrogen) atoms. The molecule has 1 N–H and O–H groups in total. The van der Waals surface area contributed by atoms with Crippen LogP contribution >= 0.6 is 0 Å². The Morgan fingerprint density at radius 3 is 2.18 bits per heavy atom. The Morgan fingerprint density at radius 2 is 1.45 bits per heavy atom. The number of rotatable bonds is 4. The smallest absolute Gasteiger partial charge is 0.169 e. The molecule has 0 heterocycles. The fourth-order valence-electron chi connectivity index (χ4n) is 2.00. The summed E-state index contributed by atoms with van der Waals surface area (Å²) in [6, 6.07) is 24.3. The van der Waals surface area contributed by atoms with E-state index in [1.54, 1.807) is 18.3 Å². The van der Waals surface area contributed by atoms with Crippen LogP contribution in [0, 0.1) is 0 Å². The number of para-hydroxylation sites is 3. The first-order valence-electron chi connectivity index (χ1n) is 6.97. The van der Waals surface area contributed by atoms with Crippen molar-refractivity contribution in [1.29, 1.82) is 0 Å². The normalized spacial score (nSPS) is 10.7. The molecule has 0 saturated carbocycles. The van der Waals surface area contributed by atoms with Gasteiger partial charge in [0.25, 0.3) is 0 Å². The maximum absolute atomic E-state index is 10.3. The Kier molecular flexibility index (Phi) is 4.16. The molecule has 0 amide bonds. The van der Waals surface area contributed by atoms with E-state index >= 15 is 0 Å². The first kappa shape index (κ1) is 13.9. The van der Waals surface area contributed by atoms with Crippen LogP contribution in [0.4, 0.5) is 5.69 Å². The quantitative estimate of drug-likeness (QED) is 0.691. The number of ether oxygens (including phenoxy) is 1. The average molecular weight is 289 g/mol. The number of hydrogen-bond donors (Lipinski definition) is 1. The van der Waals surface area contributed by atoms with Crippen molar-refractivity contribution < 1.29 is 9.84 Å². The molecule has 0 aliphatic rings. The van der Waals surface area contributed by atoms with Crippen LogP contribution < -0.4 is 4.74 Å². The van der Waals surface area contributed by atoms with Gasteiger partial charge in [0.1, 0.15) is 5.75 Å². The van der Waals surface area contributed by atoms with Gasteiger partial charge in [-0.3, -0.25) is 4.99 Å². The predicted molar refractivity (Wildman–Crippen MR) is 88.3 cm³/mol. The second kappa shape index (κ2) is 6.59. The molecule has 0 radical (unpaired) electrons. The molecular weight excluding hydrogens is 274 g/mol. The highest BCUT2D eigenvalue weighted by molar-refractivity contribution is 5.86. The standard InChI is InChI=1S/C19H15NO2/c21-19-15(14-20-16-9-3-1-4-10-16)8-7-13-18(19)22-17-11-5-2-6-12-17/h1-14,21H/b20-14+. The lowest BCUT2D eigenvalue weighted by Crippen LogP contribution is -1.88. The minimum atomic E-state index is 0.0750. The molecule has 0 bridgehead atoms. The van der Waals surface area contributed by atoms with Crippen molar-refractivity contribution in [3.05, 3.63) is 84.4 Å². The van der Waals surface area contributed by atoms with Crippen LogP contribution in [0.1, 0.15) is 5.56 Å². The van der Waals surface area contributed by atoms with Crippen molar-refractivity contribution in [2.45, 2.75) is 0 Å². The molecule has 3 rings (SSSR count). The average Bonchev–Trinajstić information content (AvgIpc) is 2.58. The van der Waals surface area contributed by atoms with Gasteiger partial charge in [-0.2, -0.15) is 0 Å². The van der Waals surface area contributed by atoms with Crippen LogP contribution in [-0.4, -0.2) is 11.3 Å². The molecule has 3 nitrogen and oxygen atoms in total. The van der Waals surface area contributed by atoms with Gasteiger partial charge in [-0.25, -0.2) is 0 Å². The molecule has 0 unspecified atom stereocenters. The summed E-state index contributed by atoms with van der Waals surface area (Å²) in [4.78, 5) is 4.34. The van der Waals surface area contributed by atoms with E-state index in [-0.39, 0.29) is 5.75 Å². The Labute approximate surface area is 129 Å². The SMILES string of the molecule is Oc1c(/C=N/c2ccccc2)cccc1Oc1ccccc1. The second-order valence-corrected chi connectivity index (χ2v) is 4.70. The van der Waals surface area contributed by atoms with Crippen molar-refractivity contribution >= 4 is 11.9 Å². The zero-order valence-corrected chi connectivity index (χ0v) is 11.9. The second-order valence-electron chi connectivity index (χ2n) is 4.70. The molecule has 0 aliphatic carbocycles. The molecule has 0 spiro atoms. The third kappa shape index (κ3) is 3.33. The summed E-state index contributed by atoms with van der Waals surface area (Å²) < 4.78 is 5.69. The maximum atomic E-state index is 10.3. The zero-order chi connectivity index (χ0) is 15.2. The summed E-state index contributed by atoms with van der Waals surface area (Å²) in [6.07, 6.45) is 1.63. The van der Waals surface area contributed by atoms with Crippen molar-refractivity contribution in [2.24, 2.45) is 4.99 Å². The molecule has 0 fully saturated rings. The van der Waals surface area contributed by atoms with E-state index in [0.717, 1.165) is 5.69 Å². The summed E-state index contributed by atoms with van der Waals surface area (Å²) in [5.41, 5.74) is 1.44. The van der Waals surface area contributed by atoms with Crippen molar-refractivity contribution in [3.63, 3.8) is 0 Å². The van der Waals surface area contributed by atoms with Gasteiger partial charge < -0.3 is 9.84 Å². The van der Waals surface area contributed by atoms with Gasteiger partial charge in [-0.05, 0) is 36.4 Å². The Hall–Kier alpha value is -3.07. The van der Waals surface area contributed by atoms with Crippen LogP contribution in [0.3, 0.4) is 0 Å². The summed E-state index contributed by atoms with van der Waals surface area (Å²) in [7, 11) is 0. The van der Waals surface area contributed by atoms with E-state index in [1.165, 1.54) is 0 Å². The lowest BCUT2D eigenvalue weighted by atomic mass is 10.2. The van der Waals surface area contributed by atoms with E-state index in [2.05, 4.69) is 4.99 Å². The van der Waals surface area contributed by atoms with Gasteiger partial charge in [0, 0.05) is 11.8 Å². The topological polar surface area (TPSA) is 41.8 Å². The van der Waals surface area contributed by atoms with Crippen molar-refractivity contribution in [3.8, 4) is 17.2 Å². The lowest BCUT2D eigenvalue weighted by Gasteiger charge is -2.08. The van der Waals surface area contributed by atoms with Crippen LogP contribution in [0.25, 0.3) is 0 Å². The van der Waals surface area contributed by atoms with E-state index in [4.69, 9.17) is 4.74 Å². The van der Waals surface area contributed by atoms with E-state index < -0.39 is 0 Å². The maximum Gasteiger partial charge on any atom is 0.169 e. The highest BCUT2D eigenvalue weighted by atomic mass is 16.5. The number of aliphatic imine (C=N–C) groups is 1. The van der Waals surface area contributed by atoms with Gasteiger partial charge in [0.15, 0.2) is 11.5 Å². The third-order valence-corrected chi connectivity index (χ3v) is 3.11. The molecule has 0 aliphatic heterocycles. The number of nitrogens with zero attached hydrogens (tertiary/aromatic N) is 1. The Bertz CT molecular complexity index is 768. The van der Waals surface area contributed by atoms with Crippen LogP contribution in [0.5, 0.6) is 17.2 Å². The number of hydrogen-bond acceptors (Lipinski definition) is 3. The molecule has 0 saturated heterocycles. The fraction of sp³-hybridized carbons (Fsp3) is 0. The first-order chi connectivity index (χ1) is 10.8. The largest absolute Gasteiger partial charge is 0.504 e. The summed E-state index contributed by atoms with van der Waals surface area (Å²) in [5.74, 6) is 1.16. The van der Waals surface area contributed by atoms with E-state index in [9.17, 15) is 5.11 Å². The molecular formula is C19H15NO2. The van der Waals surface area contributed by atoms with Crippen molar-refractivity contribution in [2.75, 3.05) is 0 Å². The van der Waals surface area contributed by atoms with Gasteiger partial charge >= 0.3 is 0 Å². The van der Waals surface area contributed by atoms with Gasteiger partial charge in [0.2, 0.25) is 0 Å². The van der Waals surface area contributed by atoms with E-state index in [0.29, 0.717) is 17.1 Å². The summed E-state index contributed by atoms with van der Waals surface area (Å²) in [5, 5.41) is 10.3. The van der Waals surface area contributed by atoms with Crippen LogP contribution in [-0.2, 0) is 0 Å². The minimum absolute atomic E-state index is 0.0750. The number of aromatic hydroxyl groups is 1. The monoisotopic (exact) mass is 289 g/mol. The lowest BCUT2D eigenvalue weighted by molar-refractivity contribution is 0.411. The number of phenols is 1. The zero-order valence-electron chi connectivity index (χ0n) is 11.9. The number of benzene rings is 3. The minimum Gasteiger partial charge on any atom is -0.504 e. The fourth-order valence-corrected chi connectivity index (χ4v) is 2.00. The van der Waals surface area contributed by atoms with Gasteiger partial charge in [0.05, 0.1) is 5.69 Å². The highest BCUT2D eigenvalue weighted by Gasteiger charge is 2.07.